The lowest BCUT2D eigenvalue weighted by Gasteiger charge is -2.19. The number of unbranched alkanes of at least 4 members (excludes halogenated alkanes) is 3. The lowest BCUT2D eigenvalue weighted by Crippen LogP contribution is -2.25. The maximum atomic E-state index is 11.9. The standard InChI is InChI=1S/C15H20ClN3O3.ClH/c16-10-7-12-13(22-9-15(21)19-12)8-11(10)18-14(20)5-3-1-2-4-6-17;/h7-8H,1-6,9,17H2,(H,18,20)(H,19,21);1H. The zero-order valence-corrected chi connectivity index (χ0v) is 14.3. The quantitative estimate of drug-likeness (QED) is 0.650. The fraction of sp³-hybridized carbons (Fsp3) is 0.467. The minimum Gasteiger partial charge on any atom is -0.482 e. The monoisotopic (exact) mass is 361 g/mol. The van der Waals surface area contributed by atoms with Gasteiger partial charge in [-0.2, -0.15) is 0 Å². The molecule has 1 aromatic rings. The smallest absolute Gasteiger partial charge is 0.262 e. The van der Waals surface area contributed by atoms with Gasteiger partial charge in [0, 0.05) is 12.5 Å². The lowest BCUT2D eigenvalue weighted by molar-refractivity contribution is -0.118. The Balaban J connectivity index is 0.00000264. The highest BCUT2D eigenvalue weighted by molar-refractivity contribution is 6.34. The van der Waals surface area contributed by atoms with E-state index in [1.807, 2.05) is 0 Å². The SMILES string of the molecule is Cl.NCCCCCCC(=O)Nc1cc2c(cc1Cl)NC(=O)CO2. The third-order valence-corrected chi connectivity index (χ3v) is 3.65. The highest BCUT2D eigenvalue weighted by atomic mass is 35.5. The molecule has 8 heteroatoms. The van der Waals surface area contributed by atoms with Gasteiger partial charge in [-0.05, 0) is 25.5 Å². The number of hydrogen-bond donors (Lipinski definition) is 3. The van der Waals surface area contributed by atoms with Crippen molar-refractivity contribution in [3.05, 3.63) is 17.2 Å². The molecule has 0 saturated heterocycles. The lowest BCUT2D eigenvalue weighted by atomic mass is 10.1. The zero-order chi connectivity index (χ0) is 15.9. The zero-order valence-electron chi connectivity index (χ0n) is 12.7. The highest BCUT2D eigenvalue weighted by Crippen LogP contribution is 2.36. The number of amides is 2. The molecule has 6 nitrogen and oxygen atoms in total. The van der Waals surface area contributed by atoms with Crippen LogP contribution in [0.2, 0.25) is 5.02 Å². The Labute approximate surface area is 146 Å². The number of fused-ring (bicyclic) bond motifs is 1. The number of anilines is 2. The fourth-order valence-corrected chi connectivity index (χ4v) is 2.40. The summed E-state index contributed by atoms with van der Waals surface area (Å²) in [7, 11) is 0. The molecule has 0 bridgehead atoms. The van der Waals surface area contributed by atoms with Crippen molar-refractivity contribution in [2.75, 3.05) is 23.8 Å². The predicted molar refractivity (Wildman–Crippen MR) is 93.6 cm³/mol. The number of hydrogen-bond acceptors (Lipinski definition) is 4. The molecule has 1 aliphatic rings. The molecule has 2 amide bonds. The van der Waals surface area contributed by atoms with Crippen LogP contribution >= 0.6 is 24.0 Å². The average Bonchev–Trinajstić information content (AvgIpc) is 2.48. The average molecular weight is 362 g/mol. The fourth-order valence-electron chi connectivity index (χ4n) is 2.19. The Morgan fingerprint density at radius 2 is 2.04 bits per heavy atom. The van der Waals surface area contributed by atoms with E-state index in [1.54, 1.807) is 12.1 Å². The molecule has 0 aromatic heterocycles. The minimum absolute atomic E-state index is 0. The summed E-state index contributed by atoms with van der Waals surface area (Å²) < 4.78 is 5.30. The second-order valence-electron chi connectivity index (χ2n) is 5.17. The second kappa shape index (κ2) is 9.60. The first-order chi connectivity index (χ1) is 10.6. The van der Waals surface area contributed by atoms with Gasteiger partial charge in [-0.3, -0.25) is 9.59 Å². The van der Waals surface area contributed by atoms with Crippen LogP contribution in [-0.4, -0.2) is 25.0 Å². The summed E-state index contributed by atoms with van der Waals surface area (Å²) in [6.45, 7) is 0.649. The summed E-state index contributed by atoms with van der Waals surface area (Å²) in [5, 5.41) is 5.80. The van der Waals surface area contributed by atoms with Crippen molar-refractivity contribution < 1.29 is 14.3 Å². The maximum absolute atomic E-state index is 11.9. The number of rotatable bonds is 7. The third-order valence-electron chi connectivity index (χ3n) is 3.33. The Morgan fingerprint density at radius 1 is 1.30 bits per heavy atom. The number of carbonyl (C=O) groups excluding carboxylic acids is 2. The normalized spacial score (nSPS) is 12.5. The molecule has 23 heavy (non-hydrogen) atoms. The molecule has 0 unspecified atom stereocenters. The molecular weight excluding hydrogens is 341 g/mol. The number of carbonyl (C=O) groups is 2. The first kappa shape index (κ1) is 19.5. The summed E-state index contributed by atoms with van der Waals surface area (Å²) in [6.07, 6.45) is 4.27. The van der Waals surface area contributed by atoms with E-state index in [4.69, 9.17) is 22.1 Å². The van der Waals surface area contributed by atoms with Gasteiger partial charge in [0.05, 0.1) is 16.4 Å². The topological polar surface area (TPSA) is 93.5 Å². The van der Waals surface area contributed by atoms with E-state index < -0.39 is 0 Å². The first-order valence-electron chi connectivity index (χ1n) is 7.36. The van der Waals surface area contributed by atoms with Crippen molar-refractivity contribution in [3.8, 4) is 5.75 Å². The van der Waals surface area contributed by atoms with Crippen LogP contribution in [0.15, 0.2) is 12.1 Å². The molecule has 0 atom stereocenters. The third kappa shape index (κ3) is 5.89. The highest BCUT2D eigenvalue weighted by Gasteiger charge is 2.18. The summed E-state index contributed by atoms with van der Waals surface area (Å²) in [5.74, 6) is 0.189. The van der Waals surface area contributed by atoms with Gasteiger partial charge in [-0.15, -0.1) is 12.4 Å². The number of halogens is 2. The van der Waals surface area contributed by atoms with E-state index in [9.17, 15) is 9.59 Å². The van der Waals surface area contributed by atoms with Crippen molar-refractivity contribution in [3.63, 3.8) is 0 Å². The minimum atomic E-state index is -0.224. The Hall–Kier alpha value is -1.50. The van der Waals surface area contributed by atoms with Gasteiger partial charge in [0.1, 0.15) is 5.75 Å². The van der Waals surface area contributed by atoms with Crippen LogP contribution in [0.25, 0.3) is 0 Å². The number of nitrogens with one attached hydrogen (secondary N) is 2. The van der Waals surface area contributed by atoms with Gasteiger partial charge in [-0.25, -0.2) is 0 Å². The molecule has 128 valence electrons. The van der Waals surface area contributed by atoms with Crippen LogP contribution in [-0.2, 0) is 9.59 Å². The summed E-state index contributed by atoms with van der Waals surface area (Å²) in [6, 6.07) is 3.20. The van der Waals surface area contributed by atoms with Crippen molar-refractivity contribution in [1.29, 1.82) is 0 Å². The van der Waals surface area contributed by atoms with Crippen LogP contribution in [0, 0.1) is 0 Å². The number of nitrogens with two attached hydrogens (primary N) is 1. The molecule has 2 rings (SSSR count). The second-order valence-corrected chi connectivity index (χ2v) is 5.57. The molecule has 1 heterocycles. The van der Waals surface area contributed by atoms with Crippen LogP contribution in [0.1, 0.15) is 32.1 Å². The molecule has 0 radical (unpaired) electrons. The van der Waals surface area contributed by atoms with E-state index in [-0.39, 0.29) is 30.8 Å². The van der Waals surface area contributed by atoms with E-state index in [0.29, 0.717) is 35.1 Å². The molecule has 0 aliphatic carbocycles. The van der Waals surface area contributed by atoms with E-state index in [0.717, 1.165) is 25.7 Å². The van der Waals surface area contributed by atoms with Gasteiger partial charge in [0.15, 0.2) is 6.61 Å². The molecule has 0 spiro atoms. The van der Waals surface area contributed by atoms with E-state index in [1.165, 1.54) is 0 Å². The molecule has 0 saturated carbocycles. The van der Waals surface area contributed by atoms with E-state index >= 15 is 0 Å². The van der Waals surface area contributed by atoms with Crippen LogP contribution in [0.3, 0.4) is 0 Å². The van der Waals surface area contributed by atoms with Gasteiger partial charge in [0.25, 0.3) is 5.91 Å². The molecular formula is C15H21Cl2N3O3. The molecule has 1 aromatic carbocycles. The Morgan fingerprint density at radius 3 is 2.78 bits per heavy atom. The van der Waals surface area contributed by atoms with Gasteiger partial charge < -0.3 is 21.1 Å². The molecule has 1 aliphatic heterocycles. The first-order valence-corrected chi connectivity index (χ1v) is 7.74. The Bertz CT molecular complexity index is 567. The largest absolute Gasteiger partial charge is 0.482 e. The maximum Gasteiger partial charge on any atom is 0.262 e. The number of ether oxygens (including phenoxy) is 1. The Kier molecular flexibility index (Phi) is 8.16. The van der Waals surface area contributed by atoms with Crippen LogP contribution in [0.5, 0.6) is 5.75 Å². The van der Waals surface area contributed by atoms with Gasteiger partial charge >= 0.3 is 0 Å². The van der Waals surface area contributed by atoms with E-state index in [2.05, 4.69) is 10.6 Å². The molecule has 0 fully saturated rings. The van der Waals surface area contributed by atoms with Crippen molar-refractivity contribution in [2.45, 2.75) is 32.1 Å². The van der Waals surface area contributed by atoms with Crippen LogP contribution < -0.4 is 21.1 Å². The van der Waals surface area contributed by atoms with Crippen molar-refractivity contribution in [1.82, 2.24) is 0 Å². The van der Waals surface area contributed by atoms with Crippen molar-refractivity contribution >= 4 is 47.2 Å². The summed E-state index contributed by atoms with van der Waals surface area (Å²) in [5.41, 5.74) is 6.43. The molecule has 4 N–H and O–H groups in total. The van der Waals surface area contributed by atoms with Crippen molar-refractivity contribution in [2.24, 2.45) is 5.73 Å². The predicted octanol–water partition coefficient (Wildman–Crippen LogP) is 2.94. The van der Waals surface area contributed by atoms with Gasteiger partial charge in [-0.1, -0.05) is 24.4 Å². The van der Waals surface area contributed by atoms with Crippen LogP contribution in [0.4, 0.5) is 11.4 Å². The number of benzene rings is 1. The van der Waals surface area contributed by atoms with Gasteiger partial charge in [0.2, 0.25) is 5.91 Å². The summed E-state index contributed by atoms with van der Waals surface area (Å²) >= 11 is 6.12. The summed E-state index contributed by atoms with van der Waals surface area (Å²) in [4.78, 5) is 23.1.